The third-order valence-electron chi connectivity index (χ3n) is 4.08. The number of nitrogens with one attached hydrogen (secondary N) is 1. The highest BCUT2D eigenvalue weighted by atomic mass is 14.9. The van der Waals surface area contributed by atoms with Gasteiger partial charge in [0.15, 0.2) is 0 Å². The molecule has 2 atom stereocenters. The summed E-state index contributed by atoms with van der Waals surface area (Å²) in [5.41, 5.74) is 3.10. The van der Waals surface area contributed by atoms with E-state index in [0.29, 0.717) is 6.04 Å². The molecule has 0 saturated carbocycles. The lowest BCUT2D eigenvalue weighted by atomic mass is 9.85. The van der Waals surface area contributed by atoms with E-state index < -0.39 is 0 Å². The molecule has 1 aromatic carbocycles. The van der Waals surface area contributed by atoms with Crippen molar-refractivity contribution in [2.24, 2.45) is 5.92 Å². The molecule has 1 rings (SSSR count). The molecule has 1 heteroatoms. The van der Waals surface area contributed by atoms with Gasteiger partial charge in [-0.25, -0.2) is 0 Å². The van der Waals surface area contributed by atoms with Gasteiger partial charge in [0.1, 0.15) is 0 Å². The molecule has 1 nitrogen and oxygen atoms in total. The predicted molar refractivity (Wildman–Crippen MR) is 85.8 cm³/mol. The third kappa shape index (κ3) is 4.99. The maximum absolute atomic E-state index is 3.48. The first kappa shape index (κ1) is 16.2. The largest absolute Gasteiger partial charge is 0.316 e. The van der Waals surface area contributed by atoms with Gasteiger partial charge in [0, 0.05) is 6.04 Å². The van der Waals surface area contributed by atoms with Gasteiger partial charge in [-0.15, -0.1) is 0 Å². The fourth-order valence-corrected chi connectivity index (χ4v) is 2.64. The van der Waals surface area contributed by atoms with Gasteiger partial charge >= 0.3 is 0 Å². The Bertz CT molecular complexity index is 358. The highest BCUT2D eigenvalue weighted by Crippen LogP contribution is 2.23. The average Bonchev–Trinajstić information content (AvgIpc) is 2.35. The van der Waals surface area contributed by atoms with Crippen molar-refractivity contribution in [1.29, 1.82) is 0 Å². The molecule has 2 unspecified atom stereocenters. The first-order valence-corrected chi connectivity index (χ1v) is 7.65. The average molecular weight is 261 g/mol. The normalized spacial score (nSPS) is 15.3. The van der Waals surface area contributed by atoms with Crippen molar-refractivity contribution in [3.63, 3.8) is 0 Å². The van der Waals surface area contributed by atoms with Crippen molar-refractivity contribution in [2.45, 2.75) is 65.3 Å². The van der Waals surface area contributed by atoms with Gasteiger partial charge in [-0.2, -0.15) is 0 Å². The summed E-state index contributed by atoms with van der Waals surface area (Å²) in [6, 6.07) is 9.74. The number of rotatable bonds is 6. The summed E-state index contributed by atoms with van der Waals surface area (Å²) in [6.45, 7) is 11.4. The minimum Gasteiger partial charge on any atom is -0.316 e. The van der Waals surface area contributed by atoms with Gasteiger partial charge in [-0.1, -0.05) is 65.3 Å². The van der Waals surface area contributed by atoms with Crippen LogP contribution in [-0.4, -0.2) is 13.1 Å². The summed E-state index contributed by atoms with van der Waals surface area (Å²) in [6.07, 6.45) is 3.69. The maximum atomic E-state index is 3.48. The molecule has 0 heterocycles. The lowest BCUT2D eigenvalue weighted by Crippen LogP contribution is -2.34. The van der Waals surface area contributed by atoms with Crippen LogP contribution in [0.1, 0.15) is 58.6 Å². The summed E-state index contributed by atoms with van der Waals surface area (Å²) in [4.78, 5) is 0. The van der Waals surface area contributed by atoms with Crippen LogP contribution in [0.3, 0.4) is 0 Å². The highest BCUT2D eigenvalue weighted by molar-refractivity contribution is 5.28. The van der Waals surface area contributed by atoms with Gasteiger partial charge < -0.3 is 5.32 Å². The van der Waals surface area contributed by atoms with E-state index >= 15 is 0 Å². The molecule has 0 aliphatic carbocycles. The van der Waals surface area contributed by atoms with Crippen LogP contribution in [0, 0.1) is 5.92 Å². The Morgan fingerprint density at radius 3 is 2.11 bits per heavy atom. The Morgan fingerprint density at radius 2 is 1.68 bits per heavy atom. The lowest BCUT2D eigenvalue weighted by molar-refractivity contribution is 0.371. The fraction of sp³-hybridized carbons (Fsp3) is 0.667. The number of benzene rings is 1. The van der Waals surface area contributed by atoms with E-state index in [9.17, 15) is 0 Å². The van der Waals surface area contributed by atoms with Crippen molar-refractivity contribution in [3.05, 3.63) is 35.4 Å². The Morgan fingerprint density at radius 1 is 1.11 bits per heavy atom. The minimum absolute atomic E-state index is 0.246. The van der Waals surface area contributed by atoms with E-state index in [2.05, 4.69) is 71.2 Å². The lowest BCUT2D eigenvalue weighted by Gasteiger charge is -2.24. The molecule has 0 radical (unpaired) electrons. The quantitative estimate of drug-likeness (QED) is 0.792. The first-order valence-electron chi connectivity index (χ1n) is 7.65. The van der Waals surface area contributed by atoms with Crippen molar-refractivity contribution in [1.82, 2.24) is 5.32 Å². The predicted octanol–water partition coefficient (Wildman–Crippen LogP) is 4.55. The molecule has 0 fully saturated rings. The zero-order chi connectivity index (χ0) is 14.5. The Kier molecular flexibility index (Phi) is 6.06. The van der Waals surface area contributed by atoms with Gasteiger partial charge in [-0.3, -0.25) is 0 Å². The number of hydrogen-bond acceptors (Lipinski definition) is 1. The molecule has 0 aromatic heterocycles. The minimum atomic E-state index is 0.246. The number of likely N-dealkylation sites (N-methyl/N-ethyl adjacent to an activating group) is 1. The second kappa shape index (κ2) is 7.09. The Hall–Kier alpha value is -0.820. The molecule has 0 saturated heterocycles. The zero-order valence-electron chi connectivity index (χ0n) is 13.6. The SMILES string of the molecule is CCCC(C)C(Cc1ccc(C(C)(C)C)cc1)NC. The van der Waals surface area contributed by atoms with Crippen molar-refractivity contribution < 1.29 is 0 Å². The topological polar surface area (TPSA) is 12.0 Å². The van der Waals surface area contributed by atoms with Crippen LogP contribution in [0.15, 0.2) is 24.3 Å². The van der Waals surface area contributed by atoms with Crippen LogP contribution in [0.5, 0.6) is 0 Å². The fourth-order valence-electron chi connectivity index (χ4n) is 2.64. The second-order valence-electron chi connectivity index (χ2n) is 6.81. The third-order valence-corrected chi connectivity index (χ3v) is 4.08. The molecular weight excluding hydrogens is 230 g/mol. The van der Waals surface area contributed by atoms with Crippen molar-refractivity contribution in [3.8, 4) is 0 Å². The van der Waals surface area contributed by atoms with E-state index in [1.807, 2.05) is 0 Å². The molecule has 0 amide bonds. The molecule has 108 valence electrons. The van der Waals surface area contributed by atoms with Crippen molar-refractivity contribution in [2.75, 3.05) is 7.05 Å². The summed E-state index contributed by atoms with van der Waals surface area (Å²) in [5, 5.41) is 3.48. The highest BCUT2D eigenvalue weighted by Gasteiger charge is 2.16. The summed E-state index contributed by atoms with van der Waals surface area (Å²) in [5.74, 6) is 0.734. The smallest absolute Gasteiger partial charge is 0.0130 e. The second-order valence-corrected chi connectivity index (χ2v) is 6.81. The van der Waals surface area contributed by atoms with Crippen molar-refractivity contribution >= 4 is 0 Å². The molecular formula is C18H31N. The van der Waals surface area contributed by atoms with Gasteiger partial charge in [0.05, 0.1) is 0 Å². The van der Waals surface area contributed by atoms with Crippen LogP contribution in [0.4, 0.5) is 0 Å². The van der Waals surface area contributed by atoms with Gasteiger partial charge in [-0.05, 0) is 42.3 Å². The van der Waals surface area contributed by atoms with Crippen LogP contribution in [-0.2, 0) is 11.8 Å². The summed E-state index contributed by atoms with van der Waals surface area (Å²) >= 11 is 0. The maximum Gasteiger partial charge on any atom is 0.0130 e. The van der Waals surface area contributed by atoms with Gasteiger partial charge in [0.25, 0.3) is 0 Å². The standard InChI is InChI=1S/C18H31N/c1-7-8-14(2)17(19-6)13-15-9-11-16(12-10-15)18(3,4)5/h9-12,14,17,19H,7-8,13H2,1-6H3. The molecule has 0 aliphatic heterocycles. The summed E-state index contributed by atoms with van der Waals surface area (Å²) < 4.78 is 0. The molecule has 1 N–H and O–H groups in total. The number of hydrogen-bond donors (Lipinski definition) is 1. The zero-order valence-corrected chi connectivity index (χ0v) is 13.6. The molecule has 19 heavy (non-hydrogen) atoms. The molecule has 0 bridgehead atoms. The van der Waals surface area contributed by atoms with E-state index in [-0.39, 0.29) is 5.41 Å². The van der Waals surface area contributed by atoms with Crippen LogP contribution in [0.25, 0.3) is 0 Å². The van der Waals surface area contributed by atoms with Crippen LogP contribution in [0.2, 0.25) is 0 Å². The summed E-state index contributed by atoms with van der Waals surface area (Å²) in [7, 11) is 2.08. The van der Waals surface area contributed by atoms with E-state index in [4.69, 9.17) is 0 Å². The van der Waals surface area contributed by atoms with Crippen LogP contribution >= 0.6 is 0 Å². The Labute approximate surface area is 119 Å². The van der Waals surface area contributed by atoms with E-state index in [1.165, 1.54) is 24.0 Å². The molecule has 0 aliphatic rings. The molecule has 0 spiro atoms. The monoisotopic (exact) mass is 261 g/mol. The van der Waals surface area contributed by atoms with Gasteiger partial charge in [0.2, 0.25) is 0 Å². The van der Waals surface area contributed by atoms with E-state index in [1.54, 1.807) is 0 Å². The van der Waals surface area contributed by atoms with Crippen LogP contribution < -0.4 is 5.32 Å². The first-order chi connectivity index (χ1) is 8.88. The van der Waals surface area contributed by atoms with E-state index in [0.717, 1.165) is 12.3 Å². The molecule has 1 aromatic rings. The Balaban J connectivity index is 2.71.